The molecule has 5 heteroatoms. The number of carbonyl (C=O) groups is 1. The molecular weight excluding hydrogens is 228 g/mol. The van der Waals surface area contributed by atoms with Crippen LogP contribution < -0.4 is 5.32 Å². The monoisotopic (exact) mass is 242 g/mol. The van der Waals surface area contributed by atoms with Gasteiger partial charge in [-0.2, -0.15) is 0 Å². The molecule has 1 aromatic rings. The number of nitrogens with one attached hydrogen (secondary N) is 1. The number of carbonyl (C=O) groups excluding carboxylic acids is 1. The van der Waals surface area contributed by atoms with Gasteiger partial charge in [-0.1, -0.05) is 18.5 Å². The summed E-state index contributed by atoms with van der Waals surface area (Å²) in [6.07, 6.45) is 0.0707. The first-order valence-electron chi connectivity index (χ1n) is 5.14. The number of pyridine rings is 1. The molecule has 16 heavy (non-hydrogen) atoms. The van der Waals surface area contributed by atoms with E-state index in [2.05, 4.69) is 10.3 Å². The van der Waals surface area contributed by atoms with Crippen molar-refractivity contribution in [1.82, 2.24) is 10.3 Å². The van der Waals surface area contributed by atoms with Crippen molar-refractivity contribution in [3.8, 4) is 0 Å². The lowest BCUT2D eigenvalue weighted by molar-refractivity contribution is 0.0913. The van der Waals surface area contributed by atoms with Crippen LogP contribution in [0.1, 0.15) is 29.4 Å². The van der Waals surface area contributed by atoms with Gasteiger partial charge in [-0.15, -0.1) is 0 Å². The molecule has 0 aromatic carbocycles. The Morgan fingerprint density at radius 2 is 2.31 bits per heavy atom. The van der Waals surface area contributed by atoms with Gasteiger partial charge in [0.25, 0.3) is 5.91 Å². The number of halogens is 1. The largest absolute Gasteiger partial charge is 0.391 e. The molecule has 2 N–H and O–H groups in total. The number of hydrogen-bond acceptors (Lipinski definition) is 3. The van der Waals surface area contributed by atoms with Crippen molar-refractivity contribution >= 4 is 17.5 Å². The fourth-order valence-corrected chi connectivity index (χ4v) is 1.43. The number of rotatable bonds is 4. The molecule has 1 atom stereocenters. The van der Waals surface area contributed by atoms with E-state index in [9.17, 15) is 9.90 Å². The van der Waals surface area contributed by atoms with E-state index in [0.717, 1.165) is 5.69 Å². The number of amides is 1. The highest BCUT2D eigenvalue weighted by molar-refractivity contribution is 6.32. The summed E-state index contributed by atoms with van der Waals surface area (Å²) >= 11 is 5.84. The van der Waals surface area contributed by atoms with Crippen molar-refractivity contribution in [2.45, 2.75) is 26.4 Å². The Labute approximate surface area is 99.6 Å². The lowest BCUT2D eigenvalue weighted by Gasteiger charge is -2.10. The van der Waals surface area contributed by atoms with E-state index in [-0.39, 0.29) is 17.6 Å². The molecule has 1 rings (SSSR count). The number of nitrogens with zero attached hydrogens (tertiary/aromatic N) is 1. The first-order chi connectivity index (χ1) is 7.54. The zero-order valence-corrected chi connectivity index (χ0v) is 10.1. The Morgan fingerprint density at radius 1 is 1.62 bits per heavy atom. The van der Waals surface area contributed by atoms with E-state index in [4.69, 9.17) is 11.6 Å². The van der Waals surface area contributed by atoms with Gasteiger partial charge in [-0.3, -0.25) is 4.79 Å². The third-order valence-corrected chi connectivity index (χ3v) is 2.49. The minimum Gasteiger partial charge on any atom is -0.391 e. The highest BCUT2D eigenvalue weighted by Gasteiger charge is 2.12. The van der Waals surface area contributed by atoms with Gasteiger partial charge in [0.2, 0.25) is 0 Å². The number of aliphatic hydroxyl groups excluding tert-OH is 1. The van der Waals surface area contributed by atoms with Crippen molar-refractivity contribution in [1.29, 1.82) is 0 Å². The second kappa shape index (κ2) is 5.82. The first-order valence-corrected chi connectivity index (χ1v) is 5.51. The fourth-order valence-electron chi connectivity index (χ4n) is 1.14. The van der Waals surface area contributed by atoms with Crippen LogP contribution >= 0.6 is 11.6 Å². The van der Waals surface area contributed by atoms with Crippen LogP contribution in [0.5, 0.6) is 0 Å². The quantitative estimate of drug-likeness (QED) is 0.788. The second-order valence-corrected chi connectivity index (χ2v) is 3.92. The van der Waals surface area contributed by atoms with Gasteiger partial charge in [-0.25, -0.2) is 4.98 Å². The molecule has 0 unspecified atom stereocenters. The Hall–Kier alpha value is -1.13. The van der Waals surface area contributed by atoms with Crippen LogP contribution in [0.4, 0.5) is 0 Å². The lowest BCUT2D eigenvalue weighted by atomic mass is 10.2. The van der Waals surface area contributed by atoms with Gasteiger partial charge < -0.3 is 10.4 Å². The zero-order chi connectivity index (χ0) is 12.1. The lowest BCUT2D eigenvalue weighted by Crippen LogP contribution is -2.32. The minimum absolute atomic E-state index is 0.184. The van der Waals surface area contributed by atoms with Crippen molar-refractivity contribution < 1.29 is 9.90 Å². The normalized spacial score (nSPS) is 12.2. The van der Waals surface area contributed by atoms with Crippen LogP contribution in [-0.4, -0.2) is 28.6 Å². The minimum atomic E-state index is -0.527. The summed E-state index contributed by atoms with van der Waals surface area (Å²) in [5.74, 6) is -0.315. The molecule has 1 heterocycles. The number of aromatic nitrogens is 1. The maximum atomic E-state index is 11.7. The molecule has 0 saturated heterocycles. The van der Waals surface area contributed by atoms with E-state index in [1.54, 1.807) is 19.1 Å². The molecule has 0 saturated carbocycles. The van der Waals surface area contributed by atoms with Gasteiger partial charge >= 0.3 is 0 Å². The standard InChI is InChI=1S/C11H15ClN2O2/c1-3-8(15)6-13-11(16)9-5-4-7(2)14-10(9)12/h4-5,8,15H,3,6H2,1-2H3,(H,13,16)/t8-/m1/s1. The van der Waals surface area contributed by atoms with E-state index in [1.807, 2.05) is 6.92 Å². The van der Waals surface area contributed by atoms with Gasteiger partial charge in [0, 0.05) is 12.2 Å². The highest BCUT2D eigenvalue weighted by atomic mass is 35.5. The maximum absolute atomic E-state index is 11.7. The van der Waals surface area contributed by atoms with Gasteiger partial charge in [0.05, 0.1) is 11.7 Å². The smallest absolute Gasteiger partial charge is 0.254 e. The predicted octanol–water partition coefficient (Wildman–Crippen LogP) is 1.54. The van der Waals surface area contributed by atoms with Crippen LogP contribution in [0.25, 0.3) is 0 Å². The van der Waals surface area contributed by atoms with Crippen molar-refractivity contribution in [2.75, 3.05) is 6.54 Å². The van der Waals surface area contributed by atoms with Crippen LogP contribution in [0, 0.1) is 6.92 Å². The molecule has 0 spiro atoms. The van der Waals surface area contributed by atoms with Crippen molar-refractivity contribution in [3.05, 3.63) is 28.5 Å². The molecule has 1 aromatic heterocycles. The summed E-state index contributed by atoms with van der Waals surface area (Å²) in [7, 11) is 0. The summed E-state index contributed by atoms with van der Waals surface area (Å²) in [6, 6.07) is 3.34. The molecule has 1 amide bonds. The molecule has 88 valence electrons. The van der Waals surface area contributed by atoms with Crippen molar-refractivity contribution in [3.63, 3.8) is 0 Å². The topological polar surface area (TPSA) is 62.2 Å². The van der Waals surface area contributed by atoms with E-state index >= 15 is 0 Å². The van der Waals surface area contributed by atoms with Crippen LogP contribution in [0.15, 0.2) is 12.1 Å². The van der Waals surface area contributed by atoms with E-state index < -0.39 is 6.10 Å². The number of aryl methyl sites for hydroxylation is 1. The molecular formula is C11H15ClN2O2. The van der Waals surface area contributed by atoms with Crippen LogP contribution in [0.3, 0.4) is 0 Å². The molecule has 0 fully saturated rings. The Bertz CT molecular complexity index is 382. The zero-order valence-electron chi connectivity index (χ0n) is 9.33. The second-order valence-electron chi connectivity index (χ2n) is 3.56. The number of hydrogen-bond donors (Lipinski definition) is 2. The Balaban J connectivity index is 2.66. The van der Waals surface area contributed by atoms with Crippen LogP contribution in [0.2, 0.25) is 5.15 Å². The third-order valence-electron chi connectivity index (χ3n) is 2.20. The Kier molecular flexibility index (Phi) is 4.71. The predicted molar refractivity (Wildman–Crippen MR) is 62.6 cm³/mol. The molecule has 0 aliphatic rings. The molecule has 0 aliphatic carbocycles. The van der Waals surface area contributed by atoms with Gasteiger partial charge in [0.15, 0.2) is 0 Å². The average molecular weight is 243 g/mol. The summed E-state index contributed by atoms with van der Waals surface area (Å²) in [5.41, 5.74) is 1.09. The summed E-state index contributed by atoms with van der Waals surface area (Å²) in [4.78, 5) is 15.6. The summed E-state index contributed by atoms with van der Waals surface area (Å²) < 4.78 is 0. The van der Waals surface area contributed by atoms with E-state index in [1.165, 1.54) is 0 Å². The summed E-state index contributed by atoms with van der Waals surface area (Å²) in [5, 5.41) is 12.1. The summed E-state index contributed by atoms with van der Waals surface area (Å²) in [6.45, 7) is 3.87. The third kappa shape index (κ3) is 3.47. The van der Waals surface area contributed by atoms with E-state index in [0.29, 0.717) is 12.0 Å². The molecule has 0 aliphatic heterocycles. The average Bonchev–Trinajstić information content (AvgIpc) is 2.25. The molecule has 4 nitrogen and oxygen atoms in total. The number of aliphatic hydroxyl groups is 1. The van der Waals surface area contributed by atoms with Crippen molar-refractivity contribution in [2.24, 2.45) is 0 Å². The maximum Gasteiger partial charge on any atom is 0.254 e. The van der Waals surface area contributed by atoms with Crippen LogP contribution in [-0.2, 0) is 0 Å². The SMILES string of the molecule is CC[C@@H](O)CNC(=O)c1ccc(C)nc1Cl. The molecule has 0 radical (unpaired) electrons. The van der Waals surface area contributed by atoms with Gasteiger partial charge in [-0.05, 0) is 25.5 Å². The highest BCUT2D eigenvalue weighted by Crippen LogP contribution is 2.13. The molecule has 0 bridgehead atoms. The van der Waals surface area contributed by atoms with Gasteiger partial charge in [0.1, 0.15) is 5.15 Å². The fraction of sp³-hybridized carbons (Fsp3) is 0.455. The first kappa shape index (κ1) is 12.9. The Morgan fingerprint density at radius 3 is 2.88 bits per heavy atom.